The molecule has 0 radical (unpaired) electrons. The SMILES string of the molecule is COC(c1ccccc1)C(NN)c1ccc(C)c(C)c1. The number of benzene rings is 2. The molecule has 2 unspecified atom stereocenters. The minimum absolute atomic E-state index is 0.0818. The minimum Gasteiger partial charge on any atom is -0.375 e. The second-order valence-corrected chi connectivity index (χ2v) is 5.06. The quantitative estimate of drug-likeness (QED) is 0.648. The molecule has 0 saturated carbocycles. The van der Waals surface area contributed by atoms with Gasteiger partial charge in [0.25, 0.3) is 0 Å². The summed E-state index contributed by atoms with van der Waals surface area (Å²) < 4.78 is 5.67. The molecule has 0 aliphatic carbocycles. The van der Waals surface area contributed by atoms with Gasteiger partial charge in [-0.3, -0.25) is 11.3 Å². The first kappa shape index (κ1) is 14.7. The molecule has 2 aromatic rings. The second kappa shape index (κ2) is 6.66. The number of aryl methyl sites for hydroxylation is 2. The standard InChI is InChI=1S/C17H22N2O/c1-12-9-10-15(11-13(12)2)16(19-18)17(20-3)14-7-5-4-6-8-14/h4-11,16-17,19H,18H2,1-3H3. The topological polar surface area (TPSA) is 47.3 Å². The third-order valence-electron chi connectivity index (χ3n) is 3.75. The highest BCUT2D eigenvalue weighted by Crippen LogP contribution is 2.31. The molecule has 0 amide bonds. The van der Waals surface area contributed by atoms with Crippen LogP contribution in [-0.2, 0) is 4.74 Å². The van der Waals surface area contributed by atoms with E-state index in [0.717, 1.165) is 11.1 Å². The molecule has 2 rings (SSSR count). The van der Waals surface area contributed by atoms with Gasteiger partial charge in [0.05, 0.1) is 6.04 Å². The predicted octanol–water partition coefficient (Wildman–Crippen LogP) is 3.20. The van der Waals surface area contributed by atoms with Crippen LogP contribution in [0.4, 0.5) is 0 Å². The van der Waals surface area contributed by atoms with Crippen LogP contribution in [0, 0.1) is 13.8 Å². The van der Waals surface area contributed by atoms with Crippen LogP contribution < -0.4 is 11.3 Å². The van der Waals surface area contributed by atoms with Crippen LogP contribution in [0.15, 0.2) is 48.5 Å². The summed E-state index contributed by atoms with van der Waals surface area (Å²) in [6.45, 7) is 4.21. The minimum atomic E-state index is -0.122. The molecule has 106 valence electrons. The third kappa shape index (κ3) is 3.07. The molecule has 0 bridgehead atoms. The predicted molar refractivity (Wildman–Crippen MR) is 82.2 cm³/mol. The molecule has 2 aromatic carbocycles. The fourth-order valence-electron chi connectivity index (χ4n) is 2.42. The van der Waals surface area contributed by atoms with E-state index in [4.69, 9.17) is 10.6 Å². The second-order valence-electron chi connectivity index (χ2n) is 5.06. The van der Waals surface area contributed by atoms with Crippen molar-refractivity contribution in [3.8, 4) is 0 Å². The number of hydrogen-bond acceptors (Lipinski definition) is 3. The monoisotopic (exact) mass is 270 g/mol. The molecule has 20 heavy (non-hydrogen) atoms. The molecular weight excluding hydrogens is 248 g/mol. The lowest BCUT2D eigenvalue weighted by molar-refractivity contribution is 0.0676. The lowest BCUT2D eigenvalue weighted by Gasteiger charge is -2.26. The summed E-state index contributed by atoms with van der Waals surface area (Å²) in [5, 5.41) is 0. The number of hydrogen-bond donors (Lipinski definition) is 2. The lowest BCUT2D eigenvalue weighted by atomic mass is 9.94. The normalized spacial score (nSPS) is 14.0. The molecule has 3 N–H and O–H groups in total. The average molecular weight is 270 g/mol. The van der Waals surface area contributed by atoms with Crippen molar-refractivity contribution in [2.24, 2.45) is 5.84 Å². The molecule has 2 atom stereocenters. The summed E-state index contributed by atoms with van der Waals surface area (Å²) >= 11 is 0. The van der Waals surface area contributed by atoms with Gasteiger partial charge in [-0.25, -0.2) is 0 Å². The molecule has 0 fully saturated rings. The van der Waals surface area contributed by atoms with Gasteiger partial charge in [-0.2, -0.15) is 0 Å². The van der Waals surface area contributed by atoms with Crippen molar-refractivity contribution in [3.05, 3.63) is 70.8 Å². The molecular formula is C17H22N2O. The van der Waals surface area contributed by atoms with E-state index in [-0.39, 0.29) is 12.1 Å². The van der Waals surface area contributed by atoms with E-state index in [0.29, 0.717) is 0 Å². The molecule has 0 saturated heterocycles. The molecule has 0 spiro atoms. The van der Waals surface area contributed by atoms with E-state index in [1.54, 1.807) is 7.11 Å². The number of ether oxygens (including phenoxy) is 1. The summed E-state index contributed by atoms with van der Waals surface area (Å²) in [6, 6.07) is 16.4. The van der Waals surface area contributed by atoms with Crippen LogP contribution in [0.3, 0.4) is 0 Å². The highest BCUT2D eigenvalue weighted by molar-refractivity contribution is 5.33. The summed E-state index contributed by atoms with van der Waals surface area (Å²) in [5.41, 5.74) is 7.66. The van der Waals surface area contributed by atoms with Gasteiger partial charge in [-0.05, 0) is 36.1 Å². The van der Waals surface area contributed by atoms with Gasteiger partial charge in [0.2, 0.25) is 0 Å². The summed E-state index contributed by atoms with van der Waals surface area (Å²) in [7, 11) is 1.71. The van der Waals surface area contributed by atoms with Gasteiger partial charge in [-0.1, -0.05) is 48.5 Å². The Morgan fingerprint density at radius 2 is 1.65 bits per heavy atom. The van der Waals surface area contributed by atoms with Gasteiger partial charge in [0.15, 0.2) is 0 Å². The van der Waals surface area contributed by atoms with E-state index >= 15 is 0 Å². The molecule has 0 aromatic heterocycles. The number of methoxy groups -OCH3 is 1. The van der Waals surface area contributed by atoms with Crippen molar-refractivity contribution in [3.63, 3.8) is 0 Å². The van der Waals surface area contributed by atoms with Crippen molar-refractivity contribution in [2.45, 2.75) is 26.0 Å². The Morgan fingerprint density at radius 1 is 0.950 bits per heavy atom. The van der Waals surface area contributed by atoms with E-state index in [1.165, 1.54) is 11.1 Å². The molecule has 0 aliphatic rings. The van der Waals surface area contributed by atoms with Gasteiger partial charge in [-0.15, -0.1) is 0 Å². The van der Waals surface area contributed by atoms with E-state index in [9.17, 15) is 0 Å². The maximum Gasteiger partial charge on any atom is 0.103 e. The van der Waals surface area contributed by atoms with Gasteiger partial charge in [0.1, 0.15) is 6.10 Å². The van der Waals surface area contributed by atoms with E-state index in [1.807, 2.05) is 18.2 Å². The number of hydrazine groups is 1. The zero-order chi connectivity index (χ0) is 14.5. The highest BCUT2D eigenvalue weighted by atomic mass is 16.5. The van der Waals surface area contributed by atoms with Gasteiger partial charge >= 0.3 is 0 Å². The summed E-state index contributed by atoms with van der Waals surface area (Å²) in [4.78, 5) is 0. The van der Waals surface area contributed by atoms with Gasteiger partial charge in [0, 0.05) is 7.11 Å². The fourth-order valence-corrected chi connectivity index (χ4v) is 2.42. The third-order valence-corrected chi connectivity index (χ3v) is 3.75. The van der Waals surface area contributed by atoms with E-state index in [2.05, 4.69) is 49.6 Å². The highest BCUT2D eigenvalue weighted by Gasteiger charge is 2.23. The Hall–Kier alpha value is -1.68. The summed E-state index contributed by atoms with van der Waals surface area (Å²) in [6.07, 6.45) is -0.122. The maximum absolute atomic E-state index is 5.78. The summed E-state index contributed by atoms with van der Waals surface area (Å²) in [5.74, 6) is 5.78. The number of rotatable bonds is 5. The first-order valence-corrected chi connectivity index (χ1v) is 6.78. The first-order chi connectivity index (χ1) is 9.67. The zero-order valence-corrected chi connectivity index (χ0v) is 12.3. The first-order valence-electron chi connectivity index (χ1n) is 6.78. The molecule has 3 heteroatoms. The van der Waals surface area contributed by atoms with Crippen LogP contribution in [0.5, 0.6) is 0 Å². The Labute approximate surface area is 120 Å². The Bertz CT molecular complexity index is 554. The van der Waals surface area contributed by atoms with Crippen LogP contribution >= 0.6 is 0 Å². The molecule has 0 heterocycles. The van der Waals surface area contributed by atoms with Crippen LogP contribution in [0.25, 0.3) is 0 Å². The van der Waals surface area contributed by atoms with Crippen molar-refractivity contribution in [1.82, 2.24) is 5.43 Å². The maximum atomic E-state index is 5.78. The van der Waals surface area contributed by atoms with Crippen molar-refractivity contribution < 1.29 is 4.74 Å². The van der Waals surface area contributed by atoms with Crippen LogP contribution in [0.1, 0.15) is 34.4 Å². The van der Waals surface area contributed by atoms with Crippen molar-refractivity contribution in [1.29, 1.82) is 0 Å². The zero-order valence-electron chi connectivity index (χ0n) is 12.3. The Kier molecular flexibility index (Phi) is 4.90. The Morgan fingerprint density at radius 3 is 2.20 bits per heavy atom. The molecule has 3 nitrogen and oxygen atoms in total. The van der Waals surface area contributed by atoms with Gasteiger partial charge < -0.3 is 4.74 Å². The van der Waals surface area contributed by atoms with Crippen LogP contribution in [0.2, 0.25) is 0 Å². The Balaban J connectivity index is 2.36. The number of nitrogens with two attached hydrogens (primary N) is 1. The average Bonchev–Trinajstić information content (AvgIpc) is 2.48. The van der Waals surface area contributed by atoms with Crippen molar-refractivity contribution in [2.75, 3.05) is 7.11 Å². The van der Waals surface area contributed by atoms with Crippen molar-refractivity contribution >= 4 is 0 Å². The van der Waals surface area contributed by atoms with E-state index < -0.39 is 0 Å². The largest absolute Gasteiger partial charge is 0.375 e. The van der Waals surface area contributed by atoms with Crippen LogP contribution in [-0.4, -0.2) is 7.11 Å². The lowest BCUT2D eigenvalue weighted by Crippen LogP contribution is -2.33. The molecule has 0 aliphatic heterocycles. The fraction of sp³-hybridized carbons (Fsp3) is 0.294. The smallest absolute Gasteiger partial charge is 0.103 e. The number of nitrogens with one attached hydrogen (secondary N) is 1.